The van der Waals surface area contributed by atoms with Gasteiger partial charge in [0, 0.05) is 32.1 Å². The van der Waals surface area contributed by atoms with E-state index in [2.05, 4.69) is 60.3 Å². The standard InChI is InChI=1S/C19H32N4O.HI/c1-5-20-19(21-12-14-22(3)6-2)23-13-11-17(15-23)16-7-9-18(24-4)10-8-16;/h7-10,17H,5-6,11-15H2,1-4H3,(H,20,21);1H. The minimum absolute atomic E-state index is 0. The van der Waals surface area contributed by atoms with Gasteiger partial charge in [0.2, 0.25) is 0 Å². The fraction of sp³-hybridized carbons (Fsp3) is 0.632. The van der Waals surface area contributed by atoms with Crippen LogP contribution in [0.4, 0.5) is 0 Å². The molecule has 0 bridgehead atoms. The Kier molecular flexibility index (Phi) is 10.2. The van der Waals surface area contributed by atoms with Crippen molar-refractivity contribution in [2.24, 2.45) is 4.99 Å². The molecule has 142 valence electrons. The van der Waals surface area contributed by atoms with E-state index in [0.717, 1.165) is 51.0 Å². The smallest absolute Gasteiger partial charge is 0.193 e. The molecule has 1 aliphatic rings. The topological polar surface area (TPSA) is 40.1 Å². The third-order valence-electron chi connectivity index (χ3n) is 4.69. The SMILES string of the molecule is CCNC(=NCCN(C)CC)N1CCC(c2ccc(OC)cc2)C1.I. The van der Waals surface area contributed by atoms with Crippen molar-refractivity contribution < 1.29 is 4.74 Å². The van der Waals surface area contributed by atoms with Crippen molar-refractivity contribution in [2.75, 3.05) is 53.4 Å². The molecule has 1 aliphatic heterocycles. The number of nitrogens with one attached hydrogen (secondary N) is 1. The maximum absolute atomic E-state index is 5.25. The van der Waals surface area contributed by atoms with Gasteiger partial charge in [0.15, 0.2) is 5.96 Å². The van der Waals surface area contributed by atoms with Crippen LogP contribution in [-0.2, 0) is 0 Å². The molecule has 0 aromatic heterocycles. The number of methoxy groups -OCH3 is 1. The highest BCUT2D eigenvalue weighted by molar-refractivity contribution is 14.0. The number of halogens is 1. The van der Waals surface area contributed by atoms with Gasteiger partial charge in [0.1, 0.15) is 5.75 Å². The second-order valence-corrected chi connectivity index (χ2v) is 6.34. The van der Waals surface area contributed by atoms with Gasteiger partial charge < -0.3 is 19.9 Å². The van der Waals surface area contributed by atoms with Crippen LogP contribution in [-0.4, -0.2) is 69.2 Å². The van der Waals surface area contributed by atoms with E-state index < -0.39 is 0 Å². The summed E-state index contributed by atoms with van der Waals surface area (Å²) in [7, 11) is 3.85. The highest BCUT2D eigenvalue weighted by Crippen LogP contribution is 2.28. The minimum Gasteiger partial charge on any atom is -0.497 e. The quantitative estimate of drug-likeness (QED) is 0.386. The first-order valence-corrected chi connectivity index (χ1v) is 9.03. The lowest BCUT2D eigenvalue weighted by Crippen LogP contribution is -2.40. The van der Waals surface area contributed by atoms with Gasteiger partial charge in [-0.15, -0.1) is 24.0 Å². The molecule has 1 aromatic rings. The summed E-state index contributed by atoms with van der Waals surface area (Å²) in [6.07, 6.45) is 1.17. The average molecular weight is 460 g/mol. The Morgan fingerprint density at radius 1 is 1.32 bits per heavy atom. The molecule has 1 atom stereocenters. The van der Waals surface area contributed by atoms with Crippen LogP contribution in [0.2, 0.25) is 0 Å². The van der Waals surface area contributed by atoms with Crippen LogP contribution in [0.5, 0.6) is 5.75 Å². The summed E-state index contributed by atoms with van der Waals surface area (Å²) < 4.78 is 5.25. The van der Waals surface area contributed by atoms with Crippen molar-refractivity contribution >= 4 is 29.9 Å². The first-order valence-electron chi connectivity index (χ1n) is 9.03. The molecule has 1 aromatic carbocycles. The molecule has 1 saturated heterocycles. The Morgan fingerprint density at radius 3 is 2.64 bits per heavy atom. The molecule has 6 heteroatoms. The van der Waals surface area contributed by atoms with Crippen LogP contribution >= 0.6 is 24.0 Å². The van der Waals surface area contributed by atoms with Crippen LogP contribution in [0.15, 0.2) is 29.3 Å². The van der Waals surface area contributed by atoms with E-state index in [0.29, 0.717) is 5.92 Å². The van der Waals surface area contributed by atoms with Crippen molar-refractivity contribution in [1.82, 2.24) is 15.1 Å². The van der Waals surface area contributed by atoms with Crippen LogP contribution in [0, 0.1) is 0 Å². The van der Waals surface area contributed by atoms with Gasteiger partial charge in [-0.05, 0) is 44.6 Å². The Labute approximate surface area is 169 Å². The van der Waals surface area contributed by atoms with Crippen molar-refractivity contribution in [3.63, 3.8) is 0 Å². The van der Waals surface area contributed by atoms with Gasteiger partial charge >= 0.3 is 0 Å². The molecule has 25 heavy (non-hydrogen) atoms. The highest BCUT2D eigenvalue weighted by atomic mass is 127. The normalized spacial score (nSPS) is 17.6. The van der Waals surface area contributed by atoms with Gasteiger partial charge in [-0.3, -0.25) is 4.99 Å². The Balaban J connectivity index is 0.00000312. The third-order valence-corrected chi connectivity index (χ3v) is 4.69. The fourth-order valence-electron chi connectivity index (χ4n) is 3.01. The number of aliphatic imine (C=N–C) groups is 1. The lowest BCUT2D eigenvalue weighted by Gasteiger charge is -2.22. The lowest BCUT2D eigenvalue weighted by molar-refractivity contribution is 0.362. The molecule has 0 radical (unpaired) electrons. The zero-order valence-corrected chi connectivity index (χ0v) is 18.3. The maximum atomic E-state index is 5.25. The third kappa shape index (κ3) is 6.66. The highest BCUT2D eigenvalue weighted by Gasteiger charge is 2.26. The first-order chi connectivity index (χ1) is 11.7. The van der Waals surface area contributed by atoms with Crippen LogP contribution in [0.3, 0.4) is 0 Å². The summed E-state index contributed by atoms with van der Waals surface area (Å²) in [5, 5.41) is 3.44. The summed E-state index contributed by atoms with van der Waals surface area (Å²) in [5.41, 5.74) is 1.39. The number of rotatable bonds is 7. The number of nitrogens with zero attached hydrogens (tertiary/aromatic N) is 3. The molecule has 1 unspecified atom stereocenters. The van der Waals surface area contributed by atoms with E-state index in [1.165, 1.54) is 12.0 Å². The molecule has 1 N–H and O–H groups in total. The predicted octanol–water partition coefficient (Wildman–Crippen LogP) is 3.02. The second-order valence-electron chi connectivity index (χ2n) is 6.34. The Bertz CT molecular complexity index is 521. The predicted molar refractivity (Wildman–Crippen MR) is 116 cm³/mol. The molecule has 1 heterocycles. The summed E-state index contributed by atoms with van der Waals surface area (Å²) >= 11 is 0. The first kappa shape index (κ1) is 22.0. The van der Waals surface area contributed by atoms with Crippen LogP contribution in [0.25, 0.3) is 0 Å². The molecule has 0 aliphatic carbocycles. The Hall–Kier alpha value is -1.02. The van der Waals surface area contributed by atoms with Gasteiger partial charge in [0.25, 0.3) is 0 Å². The van der Waals surface area contributed by atoms with E-state index in [9.17, 15) is 0 Å². The summed E-state index contributed by atoms with van der Waals surface area (Å²) in [6.45, 7) is 10.2. The largest absolute Gasteiger partial charge is 0.497 e. The van der Waals surface area contributed by atoms with E-state index >= 15 is 0 Å². The average Bonchev–Trinajstić information content (AvgIpc) is 3.10. The molecular weight excluding hydrogens is 427 g/mol. The molecule has 5 nitrogen and oxygen atoms in total. The van der Waals surface area contributed by atoms with Gasteiger partial charge in [-0.1, -0.05) is 19.1 Å². The number of hydrogen-bond acceptors (Lipinski definition) is 3. The fourth-order valence-corrected chi connectivity index (χ4v) is 3.01. The number of likely N-dealkylation sites (N-methyl/N-ethyl adjacent to an activating group) is 1. The molecule has 0 spiro atoms. The van der Waals surface area contributed by atoms with Crippen molar-refractivity contribution in [3.05, 3.63) is 29.8 Å². The van der Waals surface area contributed by atoms with E-state index in [-0.39, 0.29) is 24.0 Å². The molecule has 1 fully saturated rings. The maximum Gasteiger partial charge on any atom is 0.193 e. The number of guanidine groups is 1. The summed E-state index contributed by atoms with van der Waals surface area (Å²) in [4.78, 5) is 9.49. The number of hydrogen-bond donors (Lipinski definition) is 1. The molecule has 0 amide bonds. The number of benzene rings is 1. The van der Waals surface area contributed by atoms with Gasteiger partial charge in [-0.2, -0.15) is 0 Å². The van der Waals surface area contributed by atoms with Gasteiger partial charge in [0.05, 0.1) is 13.7 Å². The van der Waals surface area contributed by atoms with Crippen LogP contribution in [0.1, 0.15) is 31.7 Å². The zero-order chi connectivity index (χ0) is 17.4. The monoisotopic (exact) mass is 460 g/mol. The van der Waals surface area contributed by atoms with Crippen molar-refractivity contribution in [1.29, 1.82) is 0 Å². The summed E-state index contributed by atoms with van der Waals surface area (Å²) in [6, 6.07) is 8.48. The van der Waals surface area contributed by atoms with Crippen molar-refractivity contribution in [2.45, 2.75) is 26.2 Å². The van der Waals surface area contributed by atoms with Gasteiger partial charge in [-0.25, -0.2) is 0 Å². The summed E-state index contributed by atoms with van der Waals surface area (Å²) in [5.74, 6) is 2.54. The molecule has 2 rings (SSSR count). The Morgan fingerprint density at radius 2 is 2.04 bits per heavy atom. The number of likely N-dealkylation sites (tertiary alicyclic amines) is 1. The second kappa shape index (κ2) is 11.6. The number of ether oxygens (including phenoxy) is 1. The molecular formula is C19H33IN4O. The van der Waals surface area contributed by atoms with E-state index in [1.807, 2.05) is 0 Å². The van der Waals surface area contributed by atoms with Crippen LogP contribution < -0.4 is 10.1 Å². The minimum atomic E-state index is 0. The molecule has 0 saturated carbocycles. The van der Waals surface area contributed by atoms with E-state index in [1.54, 1.807) is 7.11 Å². The van der Waals surface area contributed by atoms with Crippen molar-refractivity contribution in [3.8, 4) is 5.75 Å². The lowest BCUT2D eigenvalue weighted by atomic mass is 9.98. The zero-order valence-electron chi connectivity index (χ0n) is 16.0. The van der Waals surface area contributed by atoms with E-state index in [4.69, 9.17) is 9.73 Å².